The monoisotopic (exact) mass is 452 g/mol. The van der Waals surface area contributed by atoms with Crippen LogP contribution in [0.25, 0.3) is 11.0 Å². The van der Waals surface area contributed by atoms with Crippen LogP contribution in [0.3, 0.4) is 0 Å². The van der Waals surface area contributed by atoms with Gasteiger partial charge in [-0.15, -0.1) is 0 Å². The van der Waals surface area contributed by atoms with E-state index in [4.69, 9.17) is 27.6 Å². The average Bonchev–Trinajstić information content (AvgIpc) is 2.67. The number of aryl methyl sites for hydroxylation is 1. The minimum absolute atomic E-state index is 0.0663. The number of carboxylic acid groups (broad SMARTS) is 1. The first kappa shape index (κ1) is 21.5. The average molecular weight is 453 g/mol. The van der Waals surface area contributed by atoms with Gasteiger partial charge >= 0.3 is 5.97 Å². The lowest BCUT2D eigenvalue weighted by atomic mass is 10.0. The molecule has 0 aliphatic rings. The van der Waals surface area contributed by atoms with Crippen LogP contribution < -0.4 is 10.7 Å². The van der Waals surface area contributed by atoms with E-state index in [0.29, 0.717) is 33.1 Å². The largest absolute Gasteiger partial charge is 0.476 e. The number of thioether (sulfide) groups is 1. The van der Waals surface area contributed by atoms with Gasteiger partial charge in [-0.2, -0.15) is 0 Å². The zero-order valence-electron chi connectivity index (χ0n) is 15.9. The number of hydrogen-bond acceptors (Lipinski definition) is 6. The molecule has 0 amide bonds. The maximum Gasteiger partial charge on any atom is 0.356 e. The highest BCUT2D eigenvalue weighted by molar-refractivity contribution is 7.99. The van der Waals surface area contributed by atoms with Crippen molar-refractivity contribution in [1.29, 1.82) is 0 Å². The van der Waals surface area contributed by atoms with Crippen molar-refractivity contribution in [2.75, 3.05) is 11.1 Å². The van der Waals surface area contributed by atoms with Crippen molar-refractivity contribution in [1.82, 2.24) is 4.98 Å². The molecule has 0 spiro atoms. The molecule has 2 N–H and O–H groups in total. The number of pyridine rings is 1. The maximum absolute atomic E-state index is 12.8. The zero-order chi connectivity index (χ0) is 21.3. The van der Waals surface area contributed by atoms with Crippen molar-refractivity contribution in [3.63, 3.8) is 0 Å². The van der Waals surface area contributed by atoms with Crippen LogP contribution in [-0.4, -0.2) is 21.8 Å². The molecule has 0 saturated carbocycles. The Hall–Kier alpha value is -2.22. The Kier molecular flexibility index (Phi) is 6.41. The highest BCUT2D eigenvalue weighted by Gasteiger charge is 2.21. The lowest BCUT2D eigenvalue weighted by molar-refractivity contribution is 0.0691. The first-order valence-corrected chi connectivity index (χ1v) is 10.5. The molecule has 0 unspecified atom stereocenters. The SMILES string of the molecule is CCSc1oc2c([C@@H](C)Nc3ccc(Cl)nc3C(=O)O)cc(C)cc2c(=O)c1Cl. The number of fused-ring (bicyclic) bond motifs is 1. The van der Waals surface area contributed by atoms with Crippen molar-refractivity contribution in [3.8, 4) is 0 Å². The van der Waals surface area contributed by atoms with Crippen LogP contribution in [0.5, 0.6) is 0 Å². The quantitative estimate of drug-likeness (QED) is 0.361. The third-order valence-corrected chi connectivity index (χ3v) is 5.76. The second kappa shape index (κ2) is 8.65. The number of rotatable bonds is 6. The van der Waals surface area contributed by atoms with Gasteiger partial charge in [0.2, 0.25) is 5.43 Å². The van der Waals surface area contributed by atoms with Crippen LogP contribution in [0, 0.1) is 6.92 Å². The minimum atomic E-state index is -1.20. The lowest BCUT2D eigenvalue weighted by Gasteiger charge is -2.19. The van der Waals surface area contributed by atoms with Gasteiger partial charge in [-0.05, 0) is 43.4 Å². The van der Waals surface area contributed by atoms with Crippen molar-refractivity contribution < 1.29 is 14.3 Å². The summed E-state index contributed by atoms with van der Waals surface area (Å²) >= 11 is 13.4. The molecule has 0 fully saturated rings. The molecule has 29 heavy (non-hydrogen) atoms. The standard InChI is InChI=1S/C20H18Cl2N2O4S/c1-4-29-20-15(22)17(25)12-8-9(2)7-11(18(12)28-20)10(3)23-13-5-6-14(21)24-16(13)19(26)27/h5-8,10,23H,4H2,1-3H3,(H,26,27)/t10-/m1/s1. The van der Waals surface area contributed by atoms with E-state index in [0.717, 1.165) is 5.56 Å². The molecule has 3 aromatic rings. The van der Waals surface area contributed by atoms with Crippen molar-refractivity contribution in [2.45, 2.75) is 31.9 Å². The minimum Gasteiger partial charge on any atom is -0.476 e. The van der Waals surface area contributed by atoms with Gasteiger partial charge in [0, 0.05) is 5.56 Å². The van der Waals surface area contributed by atoms with Crippen LogP contribution in [-0.2, 0) is 0 Å². The van der Waals surface area contributed by atoms with Gasteiger partial charge < -0.3 is 14.8 Å². The summed E-state index contributed by atoms with van der Waals surface area (Å²) in [7, 11) is 0. The van der Waals surface area contributed by atoms with Crippen molar-refractivity contribution in [2.24, 2.45) is 0 Å². The van der Waals surface area contributed by atoms with E-state index in [1.807, 2.05) is 26.8 Å². The molecular formula is C20H18Cl2N2O4S. The first-order valence-electron chi connectivity index (χ1n) is 8.79. The van der Waals surface area contributed by atoms with E-state index in [1.54, 1.807) is 12.1 Å². The maximum atomic E-state index is 12.8. The van der Waals surface area contributed by atoms with E-state index >= 15 is 0 Å². The van der Waals surface area contributed by atoms with Crippen LogP contribution in [0.2, 0.25) is 10.2 Å². The second-order valence-electron chi connectivity index (χ2n) is 6.40. The fraction of sp³-hybridized carbons (Fsp3) is 0.250. The van der Waals surface area contributed by atoms with Crippen molar-refractivity contribution >= 4 is 57.6 Å². The molecule has 0 radical (unpaired) electrons. The lowest BCUT2D eigenvalue weighted by Crippen LogP contribution is -2.14. The van der Waals surface area contributed by atoms with E-state index in [9.17, 15) is 14.7 Å². The number of carboxylic acids is 1. The van der Waals surface area contributed by atoms with Gasteiger partial charge in [0.05, 0.1) is 17.1 Å². The van der Waals surface area contributed by atoms with Gasteiger partial charge in [-0.1, -0.05) is 48.0 Å². The Labute approximate surface area is 181 Å². The Morgan fingerprint density at radius 1 is 1.34 bits per heavy atom. The van der Waals surface area contributed by atoms with E-state index < -0.39 is 5.97 Å². The number of nitrogens with one attached hydrogen (secondary N) is 1. The summed E-state index contributed by atoms with van der Waals surface area (Å²) < 4.78 is 5.99. The summed E-state index contributed by atoms with van der Waals surface area (Å²) in [6.45, 7) is 5.65. The summed E-state index contributed by atoms with van der Waals surface area (Å²) in [4.78, 5) is 28.2. The molecule has 6 nitrogen and oxygen atoms in total. The van der Waals surface area contributed by atoms with Crippen LogP contribution in [0.15, 0.2) is 38.6 Å². The summed E-state index contributed by atoms with van der Waals surface area (Å²) in [6, 6.07) is 6.30. The molecule has 1 aromatic carbocycles. The van der Waals surface area contributed by atoms with Crippen molar-refractivity contribution in [3.05, 3.63) is 61.5 Å². The van der Waals surface area contributed by atoms with E-state index in [-0.39, 0.29) is 27.3 Å². The Morgan fingerprint density at radius 2 is 2.07 bits per heavy atom. The van der Waals surface area contributed by atoms with Gasteiger partial charge in [0.1, 0.15) is 15.8 Å². The molecule has 2 aromatic heterocycles. The summed E-state index contributed by atoms with van der Waals surface area (Å²) in [5.74, 6) is -0.502. The first-order chi connectivity index (χ1) is 13.7. The number of carbonyl (C=O) groups is 1. The molecule has 0 bridgehead atoms. The molecular weight excluding hydrogens is 435 g/mol. The summed E-state index contributed by atoms with van der Waals surface area (Å²) in [5, 5.41) is 13.4. The highest BCUT2D eigenvalue weighted by Crippen LogP contribution is 2.33. The number of hydrogen-bond donors (Lipinski definition) is 2. The number of anilines is 1. The van der Waals surface area contributed by atoms with Gasteiger partial charge in [0.15, 0.2) is 10.8 Å². The molecule has 9 heteroatoms. The summed E-state index contributed by atoms with van der Waals surface area (Å²) in [5.41, 5.74) is 1.81. The third-order valence-electron chi connectivity index (χ3n) is 4.26. The number of benzene rings is 1. The Morgan fingerprint density at radius 3 is 2.72 bits per heavy atom. The predicted octanol–water partition coefficient (Wildman–Crippen LogP) is 5.79. The molecule has 152 valence electrons. The smallest absolute Gasteiger partial charge is 0.356 e. The Bertz CT molecular complexity index is 1160. The highest BCUT2D eigenvalue weighted by atomic mass is 35.5. The fourth-order valence-corrected chi connectivity index (χ4v) is 4.08. The predicted molar refractivity (Wildman–Crippen MR) is 117 cm³/mol. The molecule has 0 aliphatic carbocycles. The topological polar surface area (TPSA) is 92.4 Å². The van der Waals surface area contributed by atoms with Gasteiger partial charge in [-0.3, -0.25) is 4.79 Å². The number of nitrogens with zero attached hydrogens (tertiary/aromatic N) is 1. The molecule has 0 aliphatic heterocycles. The van der Waals surface area contributed by atoms with Gasteiger partial charge in [0.25, 0.3) is 0 Å². The molecule has 1 atom stereocenters. The van der Waals surface area contributed by atoms with E-state index in [2.05, 4.69) is 10.3 Å². The Balaban J connectivity index is 2.14. The molecule has 0 saturated heterocycles. The van der Waals surface area contributed by atoms with E-state index in [1.165, 1.54) is 17.8 Å². The number of aromatic nitrogens is 1. The summed E-state index contributed by atoms with van der Waals surface area (Å²) in [6.07, 6.45) is 0. The van der Waals surface area contributed by atoms with Gasteiger partial charge in [-0.25, -0.2) is 9.78 Å². The third kappa shape index (κ3) is 4.37. The van der Waals surface area contributed by atoms with Crippen LogP contribution in [0.1, 0.15) is 41.5 Å². The fourth-order valence-electron chi connectivity index (χ4n) is 3.00. The number of halogens is 2. The second-order valence-corrected chi connectivity index (χ2v) is 8.40. The molecule has 3 rings (SSSR count). The normalized spacial score (nSPS) is 12.2. The zero-order valence-corrected chi connectivity index (χ0v) is 18.2. The van der Waals surface area contributed by atoms with Crippen LogP contribution >= 0.6 is 35.0 Å². The van der Waals surface area contributed by atoms with Crippen LogP contribution in [0.4, 0.5) is 5.69 Å². The number of aromatic carboxylic acids is 1. The molecule has 2 heterocycles.